The third-order valence-electron chi connectivity index (χ3n) is 9.42. The van der Waals surface area contributed by atoms with Crippen molar-refractivity contribution in [3.05, 3.63) is 12.2 Å². The van der Waals surface area contributed by atoms with Crippen molar-refractivity contribution in [1.29, 1.82) is 0 Å². The zero-order valence-electron chi connectivity index (χ0n) is 31.9. The number of esters is 1. The molecule has 0 fully saturated rings. The van der Waals surface area contributed by atoms with Gasteiger partial charge < -0.3 is 15.2 Å². The molecule has 0 rings (SSSR count). The van der Waals surface area contributed by atoms with Crippen molar-refractivity contribution in [1.82, 2.24) is 5.32 Å². The molecule has 0 saturated heterocycles. The minimum absolute atomic E-state index is 0.0845. The van der Waals surface area contributed by atoms with Gasteiger partial charge in [0.15, 0.2) is 0 Å². The van der Waals surface area contributed by atoms with E-state index in [0.717, 1.165) is 64.2 Å². The molecule has 48 heavy (non-hydrogen) atoms. The van der Waals surface area contributed by atoms with E-state index in [1.54, 1.807) is 0 Å². The molecule has 0 saturated carbocycles. The monoisotopic (exact) mass is 678 g/mol. The molecule has 0 radical (unpaired) electrons. The number of carbonyl (C=O) groups is 3. The molecule has 0 bridgehead atoms. The summed E-state index contributed by atoms with van der Waals surface area (Å²) in [7, 11) is 0. The van der Waals surface area contributed by atoms with E-state index in [9.17, 15) is 14.4 Å². The van der Waals surface area contributed by atoms with Crippen LogP contribution in [0.15, 0.2) is 12.2 Å². The molecule has 1 amide bonds. The minimum Gasteiger partial charge on any atom is -0.480 e. The van der Waals surface area contributed by atoms with Gasteiger partial charge in [0, 0.05) is 12.8 Å². The molecule has 0 aromatic carbocycles. The Labute approximate surface area is 297 Å². The average molecular weight is 678 g/mol. The highest BCUT2D eigenvalue weighted by atomic mass is 16.5. The summed E-state index contributed by atoms with van der Waals surface area (Å²) in [6.45, 7) is 4.14. The van der Waals surface area contributed by atoms with Gasteiger partial charge in [-0.05, 0) is 38.2 Å². The first-order valence-electron chi connectivity index (χ1n) is 20.8. The summed E-state index contributed by atoms with van der Waals surface area (Å²) in [4.78, 5) is 34.7. The van der Waals surface area contributed by atoms with Gasteiger partial charge in [0.1, 0.15) is 12.6 Å². The van der Waals surface area contributed by atoms with Crippen molar-refractivity contribution in [3.8, 4) is 0 Å². The summed E-state index contributed by atoms with van der Waals surface area (Å²) in [6, 6.07) is 0. The molecular weight excluding hydrogens is 598 g/mol. The molecule has 282 valence electrons. The molecular formula is C42H79NO5. The number of ether oxygens (including phenoxy) is 1. The van der Waals surface area contributed by atoms with Gasteiger partial charge in [-0.25, -0.2) is 0 Å². The molecule has 0 aromatic rings. The second-order valence-corrected chi connectivity index (χ2v) is 14.3. The maximum absolute atomic E-state index is 12.5. The summed E-state index contributed by atoms with van der Waals surface area (Å²) in [6.07, 6.45) is 44.0. The maximum atomic E-state index is 12.5. The number of unbranched alkanes of at least 4 members (excludes halogenated alkanes) is 27. The zero-order valence-corrected chi connectivity index (χ0v) is 31.9. The highest BCUT2D eigenvalue weighted by Gasteiger charge is 2.12. The molecule has 0 aliphatic heterocycles. The number of allylic oxidation sites excluding steroid dienone is 1. The van der Waals surface area contributed by atoms with E-state index in [1.807, 2.05) is 0 Å². The van der Waals surface area contributed by atoms with Crippen molar-refractivity contribution in [2.24, 2.45) is 0 Å². The number of hydrogen-bond acceptors (Lipinski definition) is 4. The second kappa shape index (κ2) is 38.0. The predicted octanol–water partition coefficient (Wildman–Crippen LogP) is 12.6. The molecule has 0 heterocycles. The zero-order chi connectivity index (χ0) is 35.2. The van der Waals surface area contributed by atoms with Crippen LogP contribution in [0.1, 0.15) is 226 Å². The number of amides is 1. The maximum Gasteiger partial charge on any atom is 0.322 e. The first-order chi connectivity index (χ1) is 23.5. The fourth-order valence-corrected chi connectivity index (χ4v) is 6.29. The first-order valence-corrected chi connectivity index (χ1v) is 20.8. The third-order valence-corrected chi connectivity index (χ3v) is 9.42. The van der Waals surface area contributed by atoms with E-state index >= 15 is 0 Å². The highest BCUT2D eigenvalue weighted by molar-refractivity contribution is 5.80. The molecule has 0 aliphatic carbocycles. The van der Waals surface area contributed by atoms with Crippen LogP contribution in [0.25, 0.3) is 0 Å². The first kappa shape index (κ1) is 46.1. The highest BCUT2D eigenvalue weighted by Crippen LogP contribution is 2.17. The Bertz CT molecular complexity index is 752. The smallest absolute Gasteiger partial charge is 0.322 e. The second-order valence-electron chi connectivity index (χ2n) is 14.3. The quantitative estimate of drug-likeness (QED) is 0.0385. The number of carboxylic acids is 1. The van der Waals surface area contributed by atoms with Crippen LogP contribution in [0.2, 0.25) is 0 Å². The molecule has 0 spiro atoms. The fourth-order valence-electron chi connectivity index (χ4n) is 6.29. The lowest BCUT2D eigenvalue weighted by Gasteiger charge is -2.15. The fraction of sp³-hybridized carbons (Fsp3) is 0.881. The van der Waals surface area contributed by atoms with Gasteiger partial charge in [-0.1, -0.05) is 187 Å². The minimum atomic E-state index is -1.03. The summed E-state index contributed by atoms with van der Waals surface area (Å²) in [5.41, 5.74) is 0. The summed E-state index contributed by atoms with van der Waals surface area (Å²) >= 11 is 0. The van der Waals surface area contributed by atoms with Crippen molar-refractivity contribution >= 4 is 17.8 Å². The van der Waals surface area contributed by atoms with Crippen LogP contribution in [0, 0.1) is 0 Å². The number of carboxylic acid groups (broad SMARTS) is 1. The van der Waals surface area contributed by atoms with Crippen LogP contribution in [0.4, 0.5) is 0 Å². The van der Waals surface area contributed by atoms with E-state index in [4.69, 9.17) is 9.84 Å². The number of hydrogen-bond donors (Lipinski definition) is 2. The van der Waals surface area contributed by atoms with Crippen LogP contribution < -0.4 is 5.32 Å². The topological polar surface area (TPSA) is 92.7 Å². The van der Waals surface area contributed by atoms with Crippen molar-refractivity contribution in [3.63, 3.8) is 0 Å². The van der Waals surface area contributed by atoms with Crippen LogP contribution in [0.5, 0.6) is 0 Å². The molecule has 6 nitrogen and oxygen atoms in total. The lowest BCUT2D eigenvalue weighted by Crippen LogP contribution is -2.28. The number of aliphatic carboxylic acids is 1. The van der Waals surface area contributed by atoms with Crippen LogP contribution >= 0.6 is 0 Å². The van der Waals surface area contributed by atoms with Gasteiger partial charge in [0.05, 0.1) is 0 Å². The van der Waals surface area contributed by atoms with Crippen molar-refractivity contribution < 1.29 is 24.2 Å². The van der Waals surface area contributed by atoms with E-state index in [2.05, 4.69) is 31.3 Å². The van der Waals surface area contributed by atoms with Gasteiger partial charge in [0.2, 0.25) is 5.91 Å². The Morgan fingerprint density at radius 3 is 1.38 bits per heavy atom. The molecule has 0 aliphatic rings. The number of rotatable bonds is 38. The van der Waals surface area contributed by atoms with E-state index < -0.39 is 5.97 Å². The average Bonchev–Trinajstić information content (AvgIpc) is 3.07. The summed E-state index contributed by atoms with van der Waals surface area (Å²) in [5.74, 6) is -1.32. The molecule has 2 N–H and O–H groups in total. The van der Waals surface area contributed by atoms with Crippen LogP contribution in [-0.2, 0) is 19.1 Å². The molecule has 1 unspecified atom stereocenters. The van der Waals surface area contributed by atoms with Gasteiger partial charge in [0.25, 0.3) is 0 Å². The number of nitrogens with one attached hydrogen (secondary N) is 1. The predicted molar refractivity (Wildman–Crippen MR) is 203 cm³/mol. The van der Waals surface area contributed by atoms with Gasteiger partial charge in [-0.2, -0.15) is 0 Å². The van der Waals surface area contributed by atoms with Crippen LogP contribution in [-0.4, -0.2) is 35.6 Å². The molecule has 6 heteroatoms. The largest absolute Gasteiger partial charge is 0.480 e. The van der Waals surface area contributed by atoms with Gasteiger partial charge in [-0.3, -0.25) is 14.4 Å². The Balaban J connectivity index is 3.69. The van der Waals surface area contributed by atoms with Crippen LogP contribution in [0.3, 0.4) is 0 Å². The van der Waals surface area contributed by atoms with E-state index in [0.29, 0.717) is 12.8 Å². The standard InChI is InChI=1S/C42H79NO5/c1-3-5-7-9-10-11-12-13-14-15-16-17-18-19-20-21-22-23-24-25-26-27-33-37-42(47)48-39(34-30-8-6-4-2)35-31-28-29-32-36-40(44)43-38-41(45)46/h30,34,39H,3-29,31-33,35-38H2,1-2H3,(H,43,44)(H,45,46)/b34-30-. The van der Waals surface area contributed by atoms with E-state index in [1.165, 1.54) is 135 Å². The van der Waals surface area contributed by atoms with Gasteiger partial charge >= 0.3 is 11.9 Å². The normalized spacial score (nSPS) is 12.0. The summed E-state index contributed by atoms with van der Waals surface area (Å²) < 4.78 is 5.83. The molecule has 0 aromatic heterocycles. The van der Waals surface area contributed by atoms with Crippen molar-refractivity contribution in [2.75, 3.05) is 6.54 Å². The number of carbonyl (C=O) groups excluding carboxylic acids is 2. The molecule has 1 atom stereocenters. The van der Waals surface area contributed by atoms with Crippen molar-refractivity contribution in [2.45, 2.75) is 232 Å². The lowest BCUT2D eigenvalue weighted by atomic mass is 10.0. The Kier molecular flexibility index (Phi) is 36.5. The Morgan fingerprint density at radius 1 is 0.542 bits per heavy atom. The van der Waals surface area contributed by atoms with Gasteiger partial charge in [-0.15, -0.1) is 0 Å². The lowest BCUT2D eigenvalue weighted by molar-refractivity contribution is -0.147. The van der Waals surface area contributed by atoms with E-state index in [-0.39, 0.29) is 24.5 Å². The SMILES string of the molecule is CCCC/C=C\C(CCCCCCC(=O)NCC(=O)O)OC(=O)CCCCCCCCCCCCCCCCCCCCCCCCC. The third kappa shape index (κ3) is 37.0. The Morgan fingerprint density at radius 2 is 0.938 bits per heavy atom. The Hall–Kier alpha value is -1.85. The summed E-state index contributed by atoms with van der Waals surface area (Å²) in [5, 5.41) is 11.0.